The Morgan fingerprint density at radius 2 is 1.85 bits per heavy atom. The van der Waals surface area contributed by atoms with E-state index in [1.807, 2.05) is 0 Å². The van der Waals surface area contributed by atoms with Crippen molar-refractivity contribution >= 4 is 0 Å². The Hall–Kier alpha value is -0.820. The molecule has 2 aliphatic carbocycles. The summed E-state index contributed by atoms with van der Waals surface area (Å²) in [7, 11) is 0. The third kappa shape index (κ3) is 3.63. The van der Waals surface area contributed by atoms with Gasteiger partial charge in [0.1, 0.15) is 0 Å². The Morgan fingerprint density at radius 3 is 2.60 bits per heavy atom. The lowest BCUT2D eigenvalue weighted by Gasteiger charge is -2.37. The summed E-state index contributed by atoms with van der Waals surface area (Å²) < 4.78 is 0. The molecule has 0 aromatic heterocycles. The van der Waals surface area contributed by atoms with Crippen molar-refractivity contribution in [2.24, 2.45) is 11.8 Å². The molecule has 2 atom stereocenters. The summed E-state index contributed by atoms with van der Waals surface area (Å²) in [6.45, 7) is 3.67. The first-order chi connectivity index (χ1) is 9.81. The van der Waals surface area contributed by atoms with E-state index in [0.29, 0.717) is 0 Å². The fourth-order valence-electron chi connectivity index (χ4n) is 4.10. The highest BCUT2D eigenvalue weighted by Gasteiger charge is 2.29. The van der Waals surface area contributed by atoms with Crippen LogP contribution in [0.4, 0.5) is 0 Å². The zero-order valence-electron chi connectivity index (χ0n) is 12.9. The first-order valence-electron chi connectivity index (χ1n) is 8.59. The van der Waals surface area contributed by atoms with Gasteiger partial charge >= 0.3 is 0 Å². The SMILES string of the molecule is CC1CCCC(CCNC2CC(c3ccccc3)C2)C1. The van der Waals surface area contributed by atoms with Crippen LogP contribution in [0.5, 0.6) is 0 Å². The maximum Gasteiger partial charge on any atom is 0.00787 e. The quantitative estimate of drug-likeness (QED) is 0.815. The van der Waals surface area contributed by atoms with Gasteiger partial charge in [-0.2, -0.15) is 0 Å². The molecule has 1 heteroatoms. The van der Waals surface area contributed by atoms with Gasteiger partial charge in [0.15, 0.2) is 0 Å². The van der Waals surface area contributed by atoms with E-state index in [9.17, 15) is 0 Å². The van der Waals surface area contributed by atoms with Gasteiger partial charge < -0.3 is 5.32 Å². The lowest BCUT2D eigenvalue weighted by molar-refractivity contribution is 0.246. The summed E-state index contributed by atoms with van der Waals surface area (Å²) in [5, 5.41) is 3.78. The Bertz CT molecular complexity index is 393. The predicted molar refractivity (Wildman–Crippen MR) is 85.9 cm³/mol. The lowest BCUT2D eigenvalue weighted by Crippen LogP contribution is -2.41. The predicted octanol–water partition coefficient (Wildman–Crippen LogP) is 4.74. The standard InChI is InChI=1S/C19H29N/c1-15-6-5-7-16(12-15)10-11-20-19-13-18(14-19)17-8-3-2-4-9-17/h2-4,8-9,15-16,18-20H,5-7,10-14H2,1H3. The van der Waals surface area contributed by atoms with Gasteiger partial charge in [0.2, 0.25) is 0 Å². The average molecular weight is 271 g/mol. The summed E-state index contributed by atoms with van der Waals surface area (Å²) >= 11 is 0. The smallest absolute Gasteiger partial charge is 0.00787 e. The molecule has 0 heterocycles. The summed E-state index contributed by atoms with van der Waals surface area (Å²) in [5.74, 6) is 2.78. The molecule has 20 heavy (non-hydrogen) atoms. The fourth-order valence-corrected chi connectivity index (χ4v) is 4.10. The van der Waals surface area contributed by atoms with Gasteiger partial charge in [0.05, 0.1) is 0 Å². The maximum absolute atomic E-state index is 3.78. The third-order valence-corrected chi connectivity index (χ3v) is 5.44. The monoisotopic (exact) mass is 271 g/mol. The molecule has 2 fully saturated rings. The number of hydrogen-bond donors (Lipinski definition) is 1. The van der Waals surface area contributed by atoms with Crippen LogP contribution in [-0.2, 0) is 0 Å². The fraction of sp³-hybridized carbons (Fsp3) is 0.684. The van der Waals surface area contributed by atoms with Crippen LogP contribution in [0, 0.1) is 11.8 Å². The van der Waals surface area contributed by atoms with Crippen molar-refractivity contribution in [3.05, 3.63) is 35.9 Å². The highest BCUT2D eigenvalue weighted by molar-refractivity contribution is 5.22. The van der Waals surface area contributed by atoms with Crippen LogP contribution >= 0.6 is 0 Å². The van der Waals surface area contributed by atoms with Gasteiger partial charge in [0.25, 0.3) is 0 Å². The second kappa shape index (κ2) is 6.76. The van der Waals surface area contributed by atoms with E-state index in [1.165, 1.54) is 57.1 Å². The van der Waals surface area contributed by atoms with Crippen LogP contribution in [0.3, 0.4) is 0 Å². The van der Waals surface area contributed by atoms with Crippen LogP contribution in [0.15, 0.2) is 30.3 Å². The van der Waals surface area contributed by atoms with E-state index < -0.39 is 0 Å². The summed E-state index contributed by atoms with van der Waals surface area (Å²) in [5.41, 5.74) is 1.53. The Morgan fingerprint density at radius 1 is 1.05 bits per heavy atom. The molecule has 0 amide bonds. The molecule has 0 bridgehead atoms. The summed E-state index contributed by atoms with van der Waals surface area (Å²) in [6.07, 6.45) is 9.95. The van der Waals surface area contributed by atoms with Crippen molar-refractivity contribution < 1.29 is 0 Å². The van der Waals surface area contributed by atoms with E-state index in [2.05, 4.69) is 42.6 Å². The molecule has 2 unspecified atom stereocenters. The first kappa shape index (κ1) is 14.1. The van der Waals surface area contributed by atoms with Gasteiger partial charge in [-0.05, 0) is 55.5 Å². The maximum atomic E-state index is 3.78. The molecule has 0 aliphatic heterocycles. The van der Waals surface area contributed by atoms with Crippen molar-refractivity contribution in [1.82, 2.24) is 5.32 Å². The van der Waals surface area contributed by atoms with Gasteiger partial charge in [0, 0.05) is 6.04 Å². The Balaban J connectivity index is 1.31. The topological polar surface area (TPSA) is 12.0 Å². The highest BCUT2D eigenvalue weighted by atomic mass is 14.9. The van der Waals surface area contributed by atoms with E-state index in [4.69, 9.17) is 0 Å². The van der Waals surface area contributed by atoms with Crippen LogP contribution in [0.1, 0.15) is 63.4 Å². The minimum atomic E-state index is 0.779. The van der Waals surface area contributed by atoms with Crippen LogP contribution in [0.25, 0.3) is 0 Å². The molecule has 0 saturated heterocycles. The van der Waals surface area contributed by atoms with E-state index in [0.717, 1.165) is 23.8 Å². The molecule has 2 saturated carbocycles. The molecule has 1 N–H and O–H groups in total. The Labute approximate surface area is 124 Å². The van der Waals surface area contributed by atoms with Gasteiger partial charge in [-0.3, -0.25) is 0 Å². The normalized spacial score (nSPS) is 33.6. The minimum absolute atomic E-state index is 0.779. The Kier molecular flexibility index (Phi) is 4.77. The zero-order chi connectivity index (χ0) is 13.8. The molecule has 2 aliphatic rings. The molecule has 1 nitrogen and oxygen atoms in total. The van der Waals surface area contributed by atoms with E-state index in [1.54, 1.807) is 0 Å². The van der Waals surface area contributed by atoms with Crippen molar-refractivity contribution in [3.63, 3.8) is 0 Å². The molecule has 3 rings (SSSR count). The molecule has 0 spiro atoms. The van der Waals surface area contributed by atoms with Gasteiger partial charge in [-0.15, -0.1) is 0 Å². The van der Waals surface area contributed by atoms with Crippen LogP contribution in [0.2, 0.25) is 0 Å². The molecular formula is C19H29N. The molecule has 1 aromatic carbocycles. The molecule has 1 aromatic rings. The van der Waals surface area contributed by atoms with Crippen LogP contribution in [-0.4, -0.2) is 12.6 Å². The number of rotatable bonds is 5. The second-order valence-electron chi connectivity index (χ2n) is 7.16. The average Bonchev–Trinajstić information content (AvgIpc) is 2.42. The van der Waals surface area contributed by atoms with Crippen LogP contribution < -0.4 is 5.32 Å². The second-order valence-corrected chi connectivity index (χ2v) is 7.16. The number of benzene rings is 1. The highest BCUT2D eigenvalue weighted by Crippen LogP contribution is 2.37. The minimum Gasteiger partial charge on any atom is -0.314 e. The lowest BCUT2D eigenvalue weighted by atomic mass is 9.75. The van der Waals surface area contributed by atoms with E-state index in [-0.39, 0.29) is 0 Å². The van der Waals surface area contributed by atoms with Crippen molar-refractivity contribution in [1.29, 1.82) is 0 Å². The number of nitrogens with one attached hydrogen (secondary N) is 1. The first-order valence-corrected chi connectivity index (χ1v) is 8.59. The van der Waals surface area contributed by atoms with E-state index >= 15 is 0 Å². The number of hydrogen-bond acceptors (Lipinski definition) is 1. The molecular weight excluding hydrogens is 242 g/mol. The molecule has 0 radical (unpaired) electrons. The summed E-state index contributed by atoms with van der Waals surface area (Å²) in [4.78, 5) is 0. The van der Waals surface area contributed by atoms with Gasteiger partial charge in [-0.25, -0.2) is 0 Å². The third-order valence-electron chi connectivity index (χ3n) is 5.44. The molecule has 110 valence electrons. The van der Waals surface area contributed by atoms with Crippen molar-refractivity contribution in [2.75, 3.05) is 6.54 Å². The zero-order valence-corrected chi connectivity index (χ0v) is 12.9. The summed E-state index contributed by atoms with van der Waals surface area (Å²) in [6, 6.07) is 11.8. The largest absolute Gasteiger partial charge is 0.314 e. The van der Waals surface area contributed by atoms with Crippen molar-refractivity contribution in [3.8, 4) is 0 Å². The van der Waals surface area contributed by atoms with Gasteiger partial charge in [-0.1, -0.05) is 56.5 Å². The van der Waals surface area contributed by atoms with Crippen molar-refractivity contribution in [2.45, 2.75) is 63.8 Å².